The molecule has 0 spiro atoms. The van der Waals surface area contributed by atoms with Crippen molar-refractivity contribution in [3.05, 3.63) is 35.4 Å². The normalized spacial score (nSPS) is 20.6. The predicted octanol–water partition coefficient (Wildman–Crippen LogP) is 3.50. The van der Waals surface area contributed by atoms with Gasteiger partial charge in [-0.15, -0.1) is 24.0 Å². The number of nitrogens with zero attached hydrogens (tertiary/aromatic N) is 2. The minimum absolute atomic E-state index is 0. The summed E-state index contributed by atoms with van der Waals surface area (Å²) in [5, 5.41) is 6.91. The standard InChI is InChI=1S/C22H34N4O.HI/c1-17-8-6-7-9-18(17)12-14-24-22(23-2)25-20-13-15-26(16-20)21(27)19-10-4-3-5-11-19;/h6-9,19-20H,3-5,10-16H2,1-2H3,(H2,23,24,25);1H. The van der Waals surface area contributed by atoms with E-state index in [0.29, 0.717) is 11.9 Å². The first-order valence-electron chi connectivity index (χ1n) is 10.5. The first-order valence-corrected chi connectivity index (χ1v) is 10.5. The summed E-state index contributed by atoms with van der Waals surface area (Å²) in [6, 6.07) is 8.79. The number of likely N-dealkylation sites (tertiary alicyclic amines) is 1. The van der Waals surface area contributed by atoms with Crippen molar-refractivity contribution in [1.29, 1.82) is 0 Å². The second-order valence-corrected chi connectivity index (χ2v) is 7.92. The van der Waals surface area contributed by atoms with Crippen LogP contribution in [0.2, 0.25) is 0 Å². The Morgan fingerprint density at radius 2 is 1.93 bits per heavy atom. The number of carbonyl (C=O) groups is 1. The van der Waals surface area contributed by atoms with Gasteiger partial charge in [0.1, 0.15) is 0 Å². The molecule has 1 aromatic rings. The Kier molecular flexibility index (Phi) is 9.55. The summed E-state index contributed by atoms with van der Waals surface area (Å²) in [5.74, 6) is 1.48. The number of aryl methyl sites for hydroxylation is 1. The molecule has 2 N–H and O–H groups in total. The van der Waals surface area contributed by atoms with Gasteiger partial charge < -0.3 is 15.5 Å². The molecular weight excluding hydrogens is 463 g/mol. The van der Waals surface area contributed by atoms with Gasteiger partial charge in [-0.3, -0.25) is 9.79 Å². The van der Waals surface area contributed by atoms with Crippen molar-refractivity contribution < 1.29 is 4.79 Å². The van der Waals surface area contributed by atoms with Crippen molar-refractivity contribution in [3.8, 4) is 0 Å². The van der Waals surface area contributed by atoms with Gasteiger partial charge in [-0.1, -0.05) is 43.5 Å². The molecule has 0 bridgehead atoms. The number of guanidine groups is 1. The zero-order chi connectivity index (χ0) is 19.1. The molecule has 2 aliphatic rings. The van der Waals surface area contributed by atoms with Crippen LogP contribution in [0.5, 0.6) is 0 Å². The third-order valence-corrected chi connectivity index (χ3v) is 5.97. The fourth-order valence-electron chi connectivity index (χ4n) is 4.28. The summed E-state index contributed by atoms with van der Waals surface area (Å²) in [6.07, 6.45) is 7.84. The second-order valence-electron chi connectivity index (χ2n) is 7.92. The lowest BCUT2D eigenvalue weighted by atomic mass is 9.88. The lowest BCUT2D eigenvalue weighted by Gasteiger charge is -2.26. The molecule has 28 heavy (non-hydrogen) atoms. The summed E-state index contributed by atoms with van der Waals surface area (Å²) in [4.78, 5) is 19.1. The Balaban J connectivity index is 0.00000280. The Bertz CT molecular complexity index is 658. The molecule has 3 rings (SSSR count). The van der Waals surface area contributed by atoms with E-state index in [1.165, 1.54) is 30.4 Å². The summed E-state index contributed by atoms with van der Waals surface area (Å²) >= 11 is 0. The van der Waals surface area contributed by atoms with Crippen LogP contribution in [-0.2, 0) is 11.2 Å². The van der Waals surface area contributed by atoms with Gasteiger partial charge in [0.25, 0.3) is 0 Å². The topological polar surface area (TPSA) is 56.7 Å². The second kappa shape index (κ2) is 11.6. The molecule has 0 aromatic heterocycles. The third kappa shape index (κ3) is 6.36. The van der Waals surface area contributed by atoms with Gasteiger partial charge in [-0.2, -0.15) is 0 Å². The number of nitrogens with one attached hydrogen (secondary N) is 2. The van der Waals surface area contributed by atoms with Crippen LogP contribution in [0.15, 0.2) is 29.3 Å². The monoisotopic (exact) mass is 498 g/mol. The van der Waals surface area contributed by atoms with Crippen LogP contribution in [0.4, 0.5) is 0 Å². The summed E-state index contributed by atoms with van der Waals surface area (Å²) in [6.45, 7) is 4.67. The van der Waals surface area contributed by atoms with E-state index < -0.39 is 0 Å². The first kappa shape index (κ1) is 23.0. The molecule has 1 saturated heterocycles. The number of benzene rings is 1. The minimum atomic E-state index is 0. The Morgan fingerprint density at radius 1 is 1.18 bits per heavy atom. The Labute approximate surface area is 186 Å². The van der Waals surface area contributed by atoms with Crippen LogP contribution in [0.1, 0.15) is 49.7 Å². The van der Waals surface area contributed by atoms with Gasteiger partial charge >= 0.3 is 0 Å². The molecule has 1 atom stereocenters. The van der Waals surface area contributed by atoms with Gasteiger partial charge in [0, 0.05) is 38.6 Å². The molecule has 1 heterocycles. The maximum atomic E-state index is 12.7. The van der Waals surface area contributed by atoms with Gasteiger partial charge in [-0.25, -0.2) is 0 Å². The van der Waals surface area contributed by atoms with E-state index in [1.807, 2.05) is 7.05 Å². The van der Waals surface area contributed by atoms with Crippen LogP contribution < -0.4 is 10.6 Å². The summed E-state index contributed by atoms with van der Waals surface area (Å²) in [7, 11) is 1.81. The van der Waals surface area contributed by atoms with Gasteiger partial charge in [0.2, 0.25) is 5.91 Å². The van der Waals surface area contributed by atoms with Crippen molar-refractivity contribution in [3.63, 3.8) is 0 Å². The maximum Gasteiger partial charge on any atom is 0.225 e. The highest BCUT2D eigenvalue weighted by Gasteiger charge is 2.31. The van der Waals surface area contributed by atoms with Gasteiger partial charge in [-0.05, 0) is 43.7 Å². The number of amides is 1. The Morgan fingerprint density at radius 3 is 2.64 bits per heavy atom. The zero-order valence-electron chi connectivity index (χ0n) is 17.2. The molecule has 1 aliphatic heterocycles. The average Bonchev–Trinajstić information content (AvgIpc) is 3.17. The number of halogens is 1. The van der Waals surface area contributed by atoms with Crippen molar-refractivity contribution in [2.24, 2.45) is 10.9 Å². The van der Waals surface area contributed by atoms with Gasteiger partial charge in [0.05, 0.1) is 0 Å². The van der Waals surface area contributed by atoms with E-state index in [-0.39, 0.29) is 29.9 Å². The van der Waals surface area contributed by atoms with Crippen LogP contribution in [0.25, 0.3) is 0 Å². The SMILES string of the molecule is CN=C(NCCc1ccccc1C)NC1CCN(C(=O)C2CCCCC2)C1.I. The molecule has 2 fully saturated rings. The molecule has 1 saturated carbocycles. The van der Waals surface area contributed by atoms with Crippen LogP contribution in [0.3, 0.4) is 0 Å². The molecule has 156 valence electrons. The highest BCUT2D eigenvalue weighted by Crippen LogP contribution is 2.26. The van der Waals surface area contributed by atoms with E-state index >= 15 is 0 Å². The van der Waals surface area contributed by atoms with E-state index in [0.717, 1.165) is 51.3 Å². The largest absolute Gasteiger partial charge is 0.356 e. The fourth-order valence-corrected chi connectivity index (χ4v) is 4.28. The van der Waals surface area contributed by atoms with Crippen molar-refractivity contribution in [1.82, 2.24) is 15.5 Å². The van der Waals surface area contributed by atoms with E-state index in [2.05, 4.69) is 51.7 Å². The van der Waals surface area contributed by atoms with Crippen molar-refractivity contribution in [2.45, 2.75) is 57.9 Å². The summed E-state index contributed by atoms with van der Waals surface area (Å²) < 4.78 is 0. The molecule has 1 amide bonds. The number of hydrogen-bond acceptors (Lipinski definition) is 2. The first-order chi connectivity index (χ1) is 13.2. The van der Waals surface area contributed by atoms with Crippen molar-refractivity contribution in [2.75, 3.05) is 26.7 Å². The van der Waals surface area contributed by atoms with Crippen LogP contribution >= 0.6 is 24.0 Å². The van der Waals surface area contributed by atoms with Gasteiger partial charge in [0.15, 0.2) is 5.96 Å². The number of rotatable bonds is 5. The van der Waals surface area contributed by atoms with E-state index in [1.54, 1.807) is 0 Å². The van der Waals surface area contributed by atoms with Crippen LogP contribution in [-0.4, -0.2) is 49.5 Å². The van der Waals surface area contributed by atoms with E-state index in [9.17, 15) is 4.79 Å². The molecule has 1 aliphatic carbocycles. The van der Waals surface area contributed by atoms with Crippen molar-refractivity contribution >= 4 is 35.8 Å². The number of hydrogen-bond donors (Lipinski definition) is 2. The lowest BCUT2D eigenvalue weighted by molar-refractivity contribution is -0.135. The molecule has 5 nitrogen and oxygen atoms in total. The number of carbonyl (C=O) groups excluding carboxylic acids is 1. The highest BCUT2D eigenvalue weighted by atomic mass is 127. The smallest absolute Gasteiger partial charge is 0.225 e. The zero-order valence-corrected chi connectivity index (χ0v) is 19.6. The quantitative estimate of drug-likeness (QED) is 0.371. The minimum Gasteiger partial charge on any atom is -0.356 e. The number of aliphatic imine (C=N–C) groups is 1. The molecular formula is C22H35IN4O. The average molecular weight is 498 g/mol. The molecule has 6 heteroatoms. The highest BCUT2D eigenvalue weighted by molar-refractivity contribution is 14.0. The predicted molar refractivity (Wildman–Crippen MR) is 126 cm³/mol. The lowest BCUT2D eigenvalue weighted by Crippen LogP contribution is -2.46. The maximum absolute atomic E-state index is 12.7. The molecule has 0 radical (unpaired) electrons. The summed E-state index contributed by atoms with van der Waals surface area (Å²) in [5.41, 5.74) is 2.69. The third-order valence-electron chi connectivity index (χ3n) is 5.97. The fraction of sp³-hybridized carbons (Fsp3) is 0.636. The van der Waals surface area contributed by atoms with E-state index in [4.69, 9.17) is 0 Å². The van der Waals surface area contributed by atoms with Crippen LogP contribution in [0, 0.1) is 12.8 Å². The Hall–Kier alpha value is -1.31. The molecule has 1 aromatic carbocycles. The molecule has 1 unspecified atom stereocenters.